The van der Waals surface area contributed by atoms with Crippen molar-refractivity contribution in [2.75, 3.05) is 20.0 Å². The summed E-state index contributed by atoms with van der Waals surface area (Å²) in [6.07, 6.45) is -0.545. The average Bonchev–Trinajstić information content (AvgIpc) is 2.63. The molecular formula is C21H34O5. The zero-order valence-electron chi connectivity index (χ0n) is 16.7. The minimum atomic E-state index is -0.601. The van der Waals surface area contributed by atoms with Crippen LogP contribution in [0, 0.1) is 17.8 Å². The summed E-state index contributed by atoms with van der Waals surface area (Å²) in [4.78, 5) is 0. The highest BCUT2D eigenvalue weighted by molar-refractivity contribution is 5.13. The predicted octanol–water partition coefficient (Wildman–Crippen LogP) is 3.60. The fourth-order valence-corrected chi connectivity index (χ4v) is 3.37. The molecule has 1 N–H and O–H groups in total. The first-order valence-corrected chi connectivity index (χ1v) is 9.49. The largest absolute Gasteiger partial charge is 0.392 e. The molecule has 5 atom stereocenters. The van der Waals surface area contributed by atoms with Crippen molar-refractivity contribution in [3.05, 3.63) is 35.9 Å². The quantitative estimate of drug-likeness (QED) is 0.535. The molecule has 26 heavy (non-hydrogen) atoms. The van der Waals surface area contributed by atoms with Gasteiger partial charge in [-0.15, -0.1) is 0 Å². The van der Waals surface area contributed by atoms with Gasteiger partial charge in [0.15, 0.2) is 5.79 Å². The number of ether oxygens (including phenoxy) is 4. The summed E-state index contributed by atoms with van der Waals surface area (Å²) < 4.78 is 22.9. The number of hydrogen-bond donors (Lipinski definition) is 1. The van der Waals surface area contributed by atoms with Gasteiger partial charge >= 0.3 is 0 Å². The molecule has 1 saturated heterocycles. The van der Waals surface area contributed by atoms with E-state index in [4.69, 9.17) is 18.9 Å². The van der Waals surface area contributed by atoms with Crippen LogP contribution in [0.25, 0.3) is 0 Å². The number of rotatable bonds is 9. The number of aliphatic hydroxyl groups excluding tert-OH is 1. The normalized spacial score (nSPS) is 26.2. The Bertz CT molecular complexity index is 518. The second-order valence-electron chi connectivity index (χ2n) is 7.92. The summed E-state index contributed by atoms with van der Waals surface area (Å²) >= 11 is 0. The number of aliphatic hydroxyl groups is 1. The van der Waals surface area contributed by atoms with Crippen LogP contribution in [-0.4, -0.2) is 43.1 Å². The highest BCUT2D eigenvalue weighted by Gasteiger charge is 2.40. The van der Waals surface area contributed by atoms with Crippen LogP contribution < -0.4 is 0 Å². The minimum absolute atomic E-state index is 0.00277. The van der Waals surface area contributed by atoms with Crippen molar-refractivity contribution in [3.8, 4) is 0 Å². The van der Waals surface area contributed by atoms with E-state index in [0.717, 1.165) is 5.56 Å². The summed E-state index contributed by atoms with van der Waals surface area (Å²) in [7, 11) is 0. The van der Waals surface area contributed by atoms with E-state index in [1.165, 1.54) is 0 Å². The molecule has 5 heteroatoms. The van der Waals surface area contributed by atoms with Crippen molar-refractivity contribution in [2.45, 2.75) is 59.2 Å². The van der Waals surface area contributed by atoms with Gasteiger partial charge in [-0.05, 0) is 19.4 Å². The molecule has 0 aromatic heterocycles. The van der Waals surface area contributed by atoms with Gasteiger partial charge in [-0.3, -0.25) is 0 Å². The Kier molecular flexibility index (Phi) is 8.05. The monoisotopic (exact) mass is 366 g/mol. The van der Waals surface area contributed by atoms with E-state index in [0.29, 0.717) is 19.8 Å². The summed E-state index contributed by atoms with van der Waals surface area (Å²) in [6, 6.07) is 9.99. The van der Waals surface area contributed by atoms with Gasteiger partial charge < -0.3 is 24.1 Å². The van der Waals surface area contributed by atoms with E-state index >= 15 is 0 Å². The molecule has 1 heterocycles. The first kappa shape index (κ1) is 21.3. The molecule has 0 saturated carbocycles. The van der Waals surface area contributed by atoms with Crippen molar-refractivity contribution in [1.82, 2.24) is 0 Å². The zero-order valence-corrected chi connectivity index (χ0v) is 16.7. The van der Waals surface area contributed by atoms with Gasteiger partial charge in [0.05, 0.1) is 32.0 Å². The van der Waals surface area contributed by atoms with Crippen molar-refractivity contribution in [2.24, 2.45) is 17.8 Å². The second-order valence-corrected chi connectivity index (χ2v) is 7.92. The first-order chi connectivity index (χ1) is 12.3. The average molecular weight is 366 g/mol. The van der Waals surface area contributed by atoms with Crippen molar-refractivity contribution >= 4 is 0 Å². The molecule has 1 aliphatic heterocycles. The Morgan fingerprint density at radius 2 is 1.88 bits per heavy atom. The lowest BCUT2D eigenvalue weighted by Crippen LogP contribution is -2.50. The molecule has 2 rings (SSSR count). The zero-order chi connectivity index (χ0) is 19.2. The van der Waals surface area contributed by atoms with E-state index in [1.807, 2.05) is 58.0 Å². The fourth-order valence-electron chi connectivity index (χ4n) is 3.37. The van der Waals surface area contributed by atoms with Crippen molar-refractivity contribution in [1.29, 1.82) is 0 Å². The van der Waals surface area contributed by atoms with Gasteiger partial charge in [-0.1, -0.05) is 51.1 Å². The molecule has 0 aliphatic carbocycles. The highest BCUT2D eigenvalue weighted by Crippen LogP contribution is 2.33. The van der Waals surface area contributed by atoms with Crippen LogP contribution in [0.5, 0.6) is 0 Å². The Morgan fingerprint density at radius 1 is 1.19 bits per heavy atom. The van der Waals surface area contributed by atoms with Crippen LogP contribution in [0.4, 0.5) is 0 Å². The van der Waals surface area contributed by atoms with E-state index in [1.54, 1.807) is 0 Å². The van der Waals surface area contributed by atoms with E-state index in [9.17, 15) is 5.11 Å². The maximum absolute atomic E-state index is 10.7. The fraction of sp³-hybridized carbons (Fsp3) is 0.714. The molecule has 0 unspecified atom stereocenters. The van der Waals surface area contributed by atoms with E-state index < -0.39 is 11.9 Å². The maximum Gasteiger partial charge on any atom is 0.163 e. The molecule has 1 fully saturated rings. The molecular weight excluding hydrogens is 332 g/mol. The van der Waals surface area contributed by atoms with Crippen LogP contribution in [0.2, 0.25) is 0 Å². The third-order valence-corrected chi connectivity index (χ3v) is 4.97. The Hall–Kier alpha value is -0.980. The van der Waals surface area contributed by atoms with Crippen molar-refractivity contribution < 1.29 is 24.1 Å². The molecule has 1 aromatic rings. The standard InChI is InChI=1S/C21H34O5/c1-15(11-23-14-24-13-18-9-7-6-8-10-18)19(22)17(3)20-16(2)12-25-21(4,5)26-20/h6-10,15-17,19-20,22H,11-14H2,1-5H3/t15-,16+,17-,19-,20-/m0/s1. The third-order valence-electron chi connectivity index (χ3n) is 4.97. The summed E-state index contributed by atoms with van der Waals surface area (Å²) in [5.74, 6) is -0.366. The topological polar surface area (TPSA) is 57.2 Å². The number of hydrogen-bond acceptors (Lipinski definition) is 5. The Balaban J connectivity index is 1.71. The van der Waals surface area contributed by atoms with Crippen LogP contribution in [0.1, 0.15) is 40.2 Å². The lowest BCUT2D eigenvalue weighted by molar-refractivity contribution is -0.305. The molecule has 148 valence electrons. The SMILES string of the molecule is C[C@@H]([C@@H](O)[C@@H](C)COCOCc1ccccc1)[C@H]1OC(C)(C)OC[C@H]1C. The number of benzene rings is 1. The first-order valence-electron chi connectivity index (χ1n) is 9.49. The smallest absolute Gasteiger partial charge is 0.163 e. The molecule has 1 aromatic carbocycles. The van der Waals surface area contributed by atoms with Crippen LogP contribution in [0.3, 0.4) is 0 Å². The Labute approximate surface area is 157 Å². The second kappa shape index (κ2) is 9.81. The van der Waals surface area contributed by atoms with Gasteiger partial charge in [0.25, 0.3) is 0 Å². The van der Waals surface area contributed by atoms with Crippen LogP contribution in [0.15, 0.2) is 30.3 Å². The Morgan fingerprint density at radius 3 is 2.58 bits per heavy atom. The van der Waals surface area contributed by atoms with E-state index in [-0.39, 0.29) is 30.7 Å². The molecule has 5 nitrogen and oxygen atoms in total. The molecule has 0 spiro atoms. The summed E-state index contributed by atoms with van der Waals surface area (Å²) in [5.41, 5.74) is 1.12. The van der Waals surface area contributed by atoms with Crippen LogP contribution >= 0.6 is 0 Å². The summed E-state index contributed by atoms with van der Waals surface area (Å²) in [6.45, 7) is 11.8. The highest BCUT2D eigenvalue weighted by atomic mass is 16.7. The molecule has 0 radical (unpaired) electrons. The summed E-state index contributed by atoms with van der Waals surface area (Å²) in [5, 5.41) is 10.7. The predicted molar refractivity (Wildman–Crippen MR) is 100 cm³/mol. The lowest BCUT2D eigenvalue weighted by atomic mass is 9.84. The molecule has 0 amide bonds. The van der Waals surface area contributed by atoms with Gasteiger partial charge in [-0.2, -0.15) is 0 Å². The third kappa shape index (κ3) is 6.32. The molecule has 1 aliphatic rings. The van der Waals surface area contributed by atoms with Crippen LogP contribution in [-0.2, 0) is 25.6 Å². The molecule has 0 bridgehead atoms. The van der Waals surface area contributed by atoms with Gasteiger partial charge in [0.2, 0.25) is 0 Å². The van der Waals surface area contributed by atoms with Crippen molar-refractivity contribution in [3.63, 3.8) is 0 Å². The van der Waals surface area contributed by atoms with Gasteiger partial charge in [-0.25, -0.2) is 0 Å². The van der Waals surface area contributed by atoms with Gasteiger partial charge in [0.1, 0.15) is 6.79 Å². The maximum atomic E-state index is 10.7. The lowest BCUT2D eigenvalue weighted by Gasteiger charge is -2.44. The van der Waals surface area contributed by atoms with E-state index in [2.05, 4.69) is 6.92 Å². The minimum Gasteiger partial charge on any atom is -0.392 e. The van der Waals surface area contributed by atoms with Gasteiger partial charge in [0, 0.05) is 17.8 Å².